The summed E-state index contributed by atoms with van der Waals surface area (Å²) in [6, 6.07) is 19.7. The summed E-state index contributed by atoms with van der Waals surface area (Å²) in [5, 5.41) is 0.627. The fourth-order valence-corrected chi connectivity index (χ4v) is 6.18. The number of halogens is 1. The van der Waals surface area contributed by atoms with E-state index in [1.807, 2.05) is 80.6 Å². The van der Waals surface area contributed by atoms with Crippen molar-refractivity contribution in [3.63, 3.8) is 0 Å². The van der Waals surface area contributed by atoms with Crippen molar-refractivity contribution in [2.45, 2.75) is 40.3 Å². The Labute approximate surface area is 264 Å². The summed E-state index contributed by atoms with van der Waals surface area (Å²) in [7, 11) is 0. The molecule has 0 bridgehead atoms. The Hall–Kier alpha value is -4.34. The molecule has 0 spiro atoms. The van der Waals surface area contributed by atoms with Crippen LogP contribution in [0.4, 0.5) is 0 Å². The number of nitrogens with zero attached hydrogens (tertiary/aromatic N) is 2. The van der Waals surface area contributed by atoms with Gasteiger partial charge in [0.15, 0.2) is 16.3 Å². The van der Waals surface area contributed by atoms with Crippen molar-refractivity contribution in [1.82, 2.24) is 4.57 Å². The van der Waals surface area contributed by atoms with E-state index in [4.69, 9.17) is 30.5 Å². The first-order chi connectivity index (χ1) is 21.3. The maximum atomic E-state index is 14.0. The Morgan fingerprint density at radius 3 is 2.41 bits per heavy atom. The minimum Gasteiger partial charge on any atom is -0.494 e. The summed E-state index contributed by atoms with van der Waals surface area (Å²) in [6.07, 6.45) is 1.79. The van der Waals surface area contributed by atoms with Gasteiger partial charge in [0.05, 0.1) is 41.7 Å². The predicted molar refractivity (Wildman–Crippen MR) is 171 cm³/mol. The van der Waals surface area contributed by atoms with E-state index in [0.717, 1.165) is 16.7 Å². The van der Waals surface area contributed by atoms with Crippen molar-refractivity contribution >= 4 is 35.0 Å². The van der Waals surface area contributed by atoms with Crippen LogP contribution in [-0.4, -0.2) is 30.4 Å². The molecule has 5 rings (SSSR count). The third kappa shape index (κ3) is 6.59. The molecule has 2 heterocycles. The van der Waals surface area contributed by atoms with Crippen LogP contribution < -0.4 is 29.1 Å². The monoisotopic (exact) mass is 632 g/mol. The second kappa shape index (κ2) is 14.0. The first-order valence-corrected chi connectivity index (χ1v) is 15.6. The lowest BCUT2D eigenvalue weighted by Crippen LogP contribution is -2.39. The van der Waals surface area contributed by atoms with Gasteiger partial charge in [0.25, 0.3) is 5.56 Å². The number of aromatic nitrogens is 1. The van der Waals surface area contributed by atoms with Gasteiger partial charge in [0.1, 0.15) is 12.4 Å². The third-order valence-electron chi connectivity index (χ3n) is 6.93. The zero-order valence-corrected chi connectivity index (χ0v) is 26.5. The molecular formula is C34H33ClN2O6S. The van der Waals surface area contributed by atoms with Crippen LogP contribution in [0.25, 0.3) is 6.08 Å². The molecule has 0 saturated carbocycles. The fourth-order valence-electron chi connectivity index (χ4n) is 4.94. The fraction of sp³-hybridized carbons (Fsp3) is 0.265. The van der Waals surface area contributed by atoms with Crippen LogP contribution >= 0.6 is 22.9 Å². The van der Waals surface area contributed by atoms with E-state index in [9.17, 15) is 9.59 Å². The summed E-state index contributed by atoms with van der Waals surface area (Å²) < 4.78 is 24.9. The summed E-state index contributed by atoms with van der Waals surface area (Å²) in [6.45, 7) is 8.77. The molecule has 228 valence electrons. The quantitative estimate of drug-likeness (QED) is 0.193. The van der Waals surface area contributed by atoms with Crippen molar-refractivity contribution in [1.29, 1.82) is 0 Å². The molecule has 8 nitrogen and oxygen atoms in total. The Morgan fingerprint density at radius 2 is 1.70 bits per heavy atom. The maximum absolute atomic E-state index is 14.0. The van der Waals surface area contributed by atoms with Crippen LogP contribution in [0, 0.1) is 0 Å². The number of benzene rings is 3. The summed E-state index contributed by atoms with van der Waals surface area (Å²) in [5.41, 5.74) is 2.93. The minimum atomic E-state index is -0.706. The number of carbonyl (C=O) groups excluding carboxylic acids is 1. The van der Waals surface area contributed by atoms with Gasteiger partial charge < -0.3 is 18.9 Å². The smallest absolute Gasteiger partial charge is 0.338 e. The van der Waals surface area contributed by atoms with Gasteiger partial charge in [-0.1, -0.05) is 59.3 Å². The van der Waals surface area contributed by atoms with Crippen molar-refractivity contribution in [2.24, 2.45) is 4.99 Å². The number of thiazole rings is 1. The minimum absolute atomic E-state index is 0.205. The standard InChI is InChI=1S/C34H33ClN2O6S/c1-5-40-25-15-13-23(14-16-25)31-30(33(39)42-7-3)21(4)36-34-37(31)32(38)29(44-34)19-22-12-17-27(28(18-22)41-6-2)43-20-24-10-8-9-11-26(24)35/h8-19,31H,5-7,20H2,1-4H3/t31-/m0/s1. The Bertz CT molecular complexity index is 1880. The lowest BCUT2D eigenvalue weighted by molar-refractivity contribution is -0.139. The van der Waals surface area contributed by atoms with Crippen LogP contribution in [0.3, 0.4) is 0 Å². The first kappa shape index (κ1) is 31.1. The van der Waals surface area contributed by atoms with Crippen LogP contribution in [-0.2, 0) is 16.1 Å². The zero-order chi connectivity index (χ0) is 31.2. The summed E-state index contributed by atoms with van der Waals surface area (Å²) in [4.78, 5) is 32.3. The lowest BCUT2D eigenvalue weighted by atomic mass is 9.96. The van der Waals surface area contributed by atoms with E-state index in [-0.39, 0.29) is 18.8 Å². The SMILES string of the molecule is CCOC(=O)C1=C(C)N=c2sc(=Cc3ccc(OCc4ccccc4Cl)c(OCC)c3)c(=O)n2[C@H]1c1ccc(OCC)cc1. The summed E-state index contributed by atoms with van der Waals surface area (Å²) in [5.74, 6) is 1.31. The van der Waals surface area contributed by atoms with Crippen LogP contribution in [0.1, 0.15) is 50.4 Å². The van der Waals surface area contributed by atoms with Gasteiger partial charge in [-0.3, -0.25) is 9.36 Å². The molecule has 0 saturated heterocycles. The molecule has 4 aromatic rings. The van der Waals surface area contributed by atoms with Gasteiger partial charge in [0.2, 0.25) is 0 Å². The van der Waals surface area contributed by atoms with Crippen molar-refractivity contribution in [2.75, 3.05) is 19.8 Å². The topological polar surface area (TPSA) is 88.4 Å². The molecule has 0 amide bonds. The highest BCUT2D eigenvalue weighted by Crippen LogP contribution is 2.32. The Balaban J connectivity index is 1.55. The molecule has 3 aromatic carbocycles. The Morgan fingerprint density at radius 1 is 0.955 bits per heavy atom. The highest BCUT2D eigenvalue weighted by molar-refractivity contribution is 7.07. The van der Waals surface area contributed by atoms with E-state index >= 15 is 0 Å². The highest BCUT2D eigenvalue weighted by atomic mass is 35.5. The van der Waals surface area contributed by atoms with Crippen molar-refractivity contribution in [3.8, 4) is 17.2 Å². The average Bonchev–Trinajstić information content (AvgIpc) is 3.31. The van der Waals surface area contributed by atoms with Gasteiger partial charge >= 0.3 is 5.97 Å². The largest absolute Gasteiger partial charge is 0.494 e. The third-order valence-corrected chi connectivity index (χ3v) is 8.28. The summed E-state index contributed by atoms with van der Waals surface area (Å²) >= 11 is 7.56. The molecule has 1 atom stereocenters. The van der Waals surface area contributed by atoms with Gasteiger partial charge in [-0.15, -0.1) is 0 Å². The molecule has 1 aliphatic heterocycles. The second-order valence-corrected chi connectivity index (χ2v) is 11.2. The molecule has 10 heteroatoms. The van der Waals surface area contributed by atoms with E-state index < -0.39 is 12.0 Å². The van der Waals surface area contributed by atoms with E-state index in [1.54, 1.807) is 24.5 Å². The van der Waals surface area contributed by atoms with Crippen LogP contribution in [0.15, 0.2) is 87.8 Å². The van der Waals surface area contributed by atoms with Crippen LogP contribution in [0.5, 0.6) is 17.2 Å². The second-order valence-electron chi connectivity index (χ2n) is 9.82. The predicted octanol–water partition coefficient (Wildman–Crippen LogP) is 5.83. The van der Waals surface area contributed by atoms with Gasteiger partial charge in [-0.25, -0.2) is 9.79 Å². The number of fused-ring (bicyclic) bond motifs is 1. The average molecular weight is 633 g/mol. The lowest BCUT2D eigenvalue weighted by Gasteiger charge is -2.24. The van der Waals surface area contributed by atoms with E-state index in [0.29, 0.717) is 56.1 Å². The normalized spacial score (nSPS) is 14.6. The molecular weight excluding hydrogens is 600 g/mol. The highest BCUT2D eigenvalue weighted by Gasteiger charge is 2.33. The molecule has 0 aliphatic carbocycles. The number of hydrogen-bond acceptors (Lipinski definition) is 8. The zero-order valence-electron chi connectivity index (χ0n) is 25.0. The molecule has 0 unspecified atom stereocenters. The van der Waals surface area contributed by atoms with E-state index in [2.05, 4.69) is 4.99 Å². The molecule has 0 radical (unpaired) electrons. The first-order valence-electron chi connectivity index (χ1n) is 14.4. The number of rotatable bonds is 11. The van der Waals surface area contributed by atoms with Crippen LogP contribution in [0.2, 0.25) is 5.02 Å². The molecule has 44 heavy (non-hydrogen) atoms. The number of ether oxygens (including phenoxy) is 4. The maximum Gasteiger partial charge on any atom is 0.338 e. The molecule has 1 aromatic heterocycles. The number of esters is 1. The van der Waals surface area contributed by atoms with Crippen molar-refractivity contribution < 1.29 is 23.7 Å². The van der Waals surface area contributed by atoms with Gasteiger partial charge in [-0.2, -0.15) is 0 Å². The van der Waals surface area contributed by atoms with Gasteiger partial charge in [-0.05, 0) is 75.2 Å². The van der Waals surface area contributed by atoms with Gasteiger partial charge in [0, 0.05) is 10.6 Å². The van der Waals surface area contributed by atoms with Crippen molar-refractivity contribution in [3.05, 3.63) is 119 Å². The number of hydrogen-bond donors (Lipinski definition) is 0. The van der Waals surface area contributed by atoms with E-state index in [1.165, 1.54) is 11.3 Å². The number of carbonyl (C=O) groups is 1. The molecule has 0 fully saturated rings. The molecule has 0 N–H and O–H groups in total. The Kier molecular flexibility index (Phi) is 9.87. The number of allylic oxidation sites excluding steroid dienone is 1. The molecule has 1 aliphatic rings.